The smallest absolute Gasteiger partial charge is 0.140 e. The van der Waals surface area contributed by atoms with Crippen LogP contribution in [0.25, 0.3) is 0 Å². The predicted octanol–water partition coefficient (Wildman–Crippen LogP) is 3.72. The van der Waals surface area contributed by atoms with Crippen molar-refractivity contribution in [2.24, 2.45) is 5.73 Å². The largest absolute Gasteiger partial charge is 0.389 e. The summed E-state index contributed by atoms with van der Waals surface area (Å²) in [4.78, 5) is 4.82. The van der Waals surface area contributed by atoms with Crippen LogP contribution in [0.2, 0.25) is 0 Å². The Morgan fingerprint density at radius 2 is 1.90 bits per heavy atom. The summed E-state index contributed by atoms with van der Waals surface area (Å²) in [5, 5.41) is 3.29. The SMILES string of the molecule is CCCc1ccc(Nc2nc(C)ccc2C(N)=S)cc1. The van der Waals surface area contributed by atoms with Gasteiger partial charge in [0.2, 0.25) is 0 Å². The van der Waals surface area contributed by atoms with Crippen molar-refractivity contribution >= 4 is 28.7 Å². The van der Waals surface area contributed by atoms with Crippen LogP contribution in [0, 0.1) is 6.92 Å². The molecule has 2 rings (SSSR count). The molecule has 1 aromatic heterocycles. The average Bonchev–Trinajstić information content (AvgIpc) is 2.41. The Labute approximate surface area is 125 Å². The molecule has 1 aromatic carbocycles. The fraction of sp³-hybridized carbons (Fsp3) is 0.250. The summed E-state index contributed by atoms with van der Waals surface area (Å²) >= 11 is 5.06. The van der Waals surface area contributed by atoms with Crippen molar-refractivity contribution in [1.82, 2.24) is 4.98 Å². The van der Waals surface area contributed by atoms with Crippen molar-refractivity contribution in [2.45, 2.75) is 26.7 Å². The first-order valence-corrected chi connectivity index (χ1v) is 7.14. The summed E-state index contributed by atoms with van der Waals surface area (Å²) in [5.74, 6) is 0.709. The minimum Gasteiger partial charge on any atom is -0.389 e. The minimum absolute atomic E-state index is 0.350. The number of thiocarbonyl (C=S) groups is 1. The lowest BCUT2D eigenvalue weighted by Crippen LogP contribution is -2.13. The van der Waals surface area contributed by atoms with E-state index in [-0.39, 0.29) is 0 Å². The normalized spacial score (nSPS) is 10.3. The van der Waals surface area contributed by atoms with E-state index in [1.54, 1.807) is 0 Å². The number of aryl methyl sites for hydroxylation is 2. The van der Waals surface area contributed by atoms with Gasteiger partial charge >= 0.3 is 0 Å². The van der Waals surface area contributed by atoms with Crippen LogP contribution in [0.3, 0.4) is 0 Å². The third kappa shape index (κ3) is 3.54. The van der Waals surface area contributed by atoms with Gasteiger partial charge in [-0.3, -0.25) is 0 Å². The van der Waals surface area contributed by atoms with Crippen LogP contribution in [0.4, 0.5) is 11.5 Å². The Kier molecular flexibility index (Phi) is 4.69. The van der Waals surface area contributed by atoms with E-state index in [1.807, 2.05) is 19.1 Å². The lowest BCUT2D eigenvalue weighted by Gasteiger charge is -2.11. The van der Waals surface area contributed by atoms with Crippen molar-refractivity contribution in [3.63, 3.8) is 0 Å². The molecule has 2 aromatic rings. The zero-order chi connectivity index (χ0) is 14.5. The van der Waals surface area contributed by atoms with Gasteiger partial charge in [-0.05, 0) is 43.2 Å². The van der Waals surface area contributed by atoms with Gasteiger partial charge in [-0.1, -0.05) is 37.7 Å². The molecule has 3 N–H and O–H groups in total. The molecule has 0 saturated heterocycles. The Morgan fingerprint density at radius 3 is 2.50 bits per heavy atom. The summed E-state index contributed by atoms with van der Waals surface area (Å²) in [7, 11) is 0. The van der Waals surface area contributed by atoms with E-state index in [0.717, 1.165) is 29.8 Å². The second kappa shape index (κ2) is 6.48. The van der Waals surface area contributed by atoms with E-state index in [2.05, 4.69) is 41.5 Å². The van der Waals surface area contributed by atoms with Gasteiger partial charge in [-0.15, -0.1) is 0 Å². The molecule has 0 radical (unpaired) electrons. The molecule has 104 valence electrons. The molecule has 0 atom stereocenters. The van der Waals surface area contributed by atoms with Crippen molar-refractivity contribution in [3.8, 4) is 0 Å². The van der Waals surface area contributed by atoms with E-state index in [0.29, 0.717) is 10.8 Å². The highest BCUT2D eigenvalue weighted by Crippen LogP contribution is 2.20. The second-order valence-corrected chi connectivity index (χ2v) is 5.22. The lowest BCUT2D eigenvalue weighted by molar-refractivity contribution is 0.922. The summed E-state index contributed by atoms with van der Waals surface area (Å²) in [6.07, 6.45) is 2.25. The predicted molar refractivity (Wildman–Crippen MR) is 88.6 cm³/mol. The van der Waals surface area contributed by atoms with Crippen LogP contribution in [0.1, 0.15) is 30.2 Å². The maximum Gasteiger partial charge on any atom is 0.140 e. The van der Waals surface area contributed by atoms with E-state index in [1.165, 1.54) is 5.56 Å². The zero-order valence-corrected chi connectivity index (χ0v) is 12.6. The molecule has 0 amide bonds. The maximum absolute atomic E-state index is 5.73. The fourth-order valence-electron chi connectivity index (χ4n) is 2.03. The Bertz CT molecular complexity index is 606. The highest BCUT2D eigenvalue weighted by Gasteiger charge is 2.07. The van der Waals surface area contributed by atoms with E-state index in [4.69, 9.17) is 18.0 Å². The third-order valence-corrected chi connectivity index (χ3v) is 3.28. The molecule has 0 aliphatic heterocycles. The van der Waals surface area contributed by atoms with Crippen molar-refractivity contribution < 1.29 is 0 Å². The molecule has 3 nitrogen and oxygen atoms in total. The first kappa shape index (κ1) is 14.5. The standard InChI is InChI=1S/C16H19N3S/c1-3-4-12-6-8-13(9-7-12)19-16-14(15(17)20)10-5-11(2)18-16/h5-10H,3-4H2,1-2H3,(H2,17,20)(H,18,19). The molecular weight excluding hydrogens is 266 g/mol. The van der Waals surface area contributed by atoms with Crippen LogP contribution in [-0.2, 0) is 6.42 Å². The summed E-state index contributed by atoms with van der Waals surface area (Å²) in [5.41, 5.74) is 9.75. The minimum atomic E-state index is 0.350. The Balaban J connectivity index is 2.25. The van der Waals surface area contributed by atoms with E-state index < -0.39 is 0 Å². The molecule has 0 aliphatic carbocycles. The Morgan fingerprint density at radius 1 is 1.20 bits per heavy atom. The molecule has 1 heterocycles. The Hall–Kier alpha value is -1.94. The van der Waals surface area contributed by atoms with Gasteiger partial charge in [0.05, 0.1) is 5.56 Å². The quantitative estimate of drug-likeness (QED) is 0.822. The van der Waals surface area contributed by atoms with Crippen LogP contribution in [0.5, 0.6) is 0 Å². The molecule has 0 saturated carbocycles. The first-order valence-electron chi connectivity index (χ1n) is 6.73. The van der Waals surface area contributed by atoms with Crippen molar-refractivity contribution in [2.75, 3.05) is 5.32 Å². The number of aromatic nitrogens is 1. The number of nitrogens with two attached hydrogens (primary N) is 1. The van der Waals surface area contributed by atoms with Crippen LogP contribution in [-0.4, -0.2) is 9.97 Å². The molecule has 0 bridgehead atoms. The number of anilines is 2. The van der Waals surface area contributed by atoms with Gasteiger partial charge in [0.1, 0.15) is 10.8 Å². The molecule has 4 heteroatoms. The number of rotatable bonds is 5. The lowest BCUT2D eigenvalue weighted by atomic mass is 10.1. The molecule has 0 spiro atoms. The number of hydrogen-bond acceptors (Lipinski definition) is 3. The number of benzene rings is 1. The molecule has 0 unspecified atom stereocenters. The summed E-state index contributed by atoms with van der Waals surface area (Å²) < 4.78 is 0. The number of hydrogen-bond donors (Lipinski definition) is 2. The zero-order valence-electron chi connectivity index (χ0n) is 11.8. The molecule has 0 fully saturated rings. The third-order valence-electron chi connectivity index (χ3n) is 3.06. The van der Waals surface area contributed by atoms with Gasteiger partial charge in [-0.25, -0.2) is 4.98 Å². The highest BCUT2D eigenvalue weighted by molar-refractivity contribution is 7.80. The topological polar surface area (TPSA) is 50.9 Å². The average molecular weight is 285 g/mol. The summed E-state index contributed by atoms with van der Waals surface area (Å²) in [6.45, 7) is 4.12. The van der Waals surface area contributed by atoms with Gasteiger partial charge in [-0.2, -0.15) is 0 Å². The van der Waals surface area contributed by atoms with Crippen LogP contribution < -0.4 is 11.1 Å². The first-order chi connectivity index (χ1) is 9.60. The fourth-order valence-corrected chi connectivity index (χ4v) is 2.20. The van der Waals surface area contributed by atoms with Crippen molar-refractivity contribution in [3.05, 3.63) is 53.2 Å². The van der Waals surface area contributed by atoms with E-state index in [9.17, 15) is 0 Å². The number of nitrogens with one attached hydrogen (secondary N) is 1. The monoisotopic (exact) mass is 285 g/mol. The van der Waals surface area contributed by atoms with Crippen LogP contribution >= 0.6 is 12.2 Å². The van der Waals surface area contributed by atoms with E-state index >= 15 is 0 Å². The second-order valence-electron chi connectivity index (χ2n) is 4.78. The van der Waals surface area contributed by atoms with Crippen LogP contribution in [0.15, 0.2) is 36.4 Å². The molecule has 20 heavy (non-hydrogen) atoms. The maximum atomic E-state index is 5.73. The molecule has 0 aliphatic rings. The molecular formula is C16H19N3S. The number of nitrogens with zero attached hydrogens (tertiary/aromatic N) is 1. The number of pyridine rings is 1. The highest BCUT2D eigenvalue weighted by atomic mass is 32.1. The van der Waals surface area contributed by atoms with Gasteiger partial charge in [0.15, 0.2) is 0 Å². The van der Waals surface area contributed by atoms with Gasteiger partial charge < -0.3 is 11.1 Å². The van der Waals surface area contributed by atoms with Gasteiger partial charge in [0, 0.05) is 11.4 Å². The summed E-state index contributed by atoms with van der Waals surface area (Å²) in [6, 6.07) is 12.2. The van der Waals surface area contributed by atoms with Crippen molar-refractivity contribution in [1.29, 1.82) is 0 Å². The van der Waals surface area contributed by atoms with Gasteiger partial charge in [0.25, 0.3) is 0 Å².